The zero-order valence-corrected chi connectivity index (χ0v) is 17.6. The maximum Gasteiger partial charge on any atom is 0.411 e. The van der Waals surface area contributed by atoms with Crippen molar-refractivity contribution in [1.82, 2.24) is 15.6 Å². The molecule has 168 valence electrons. The van der Waals surface area contributed by atoms with Gasteiger partial charge in [-0.1, -0.05) is 30.3 Å². The fourth-order valence-corrected chi connectivity index (χ4v) is 3.28. The number of rotatable bonds is 8. The summed E-state index contributed by atoms with van der Waals surface area (Å²) in [7, 11) is 1.70. The van der Waals surface area contributed by atoms with Crippen molar-refractivity contribution >= 4 is 11.8 Å². The first-order valence-corrected chi connectivity index (χ1v) is 10.3. The number of aromatic nitrogens is 1. The van der Waals surface area contributed by atoms with Gasteiger partial charge in [0.15, 0.2) is 5.96 Å². The summed E-state index contributed by atoms with van der Waals surface area (Å²) in [5.74, 6) is 1.68. The third-order valence-corrected chi connectivity index (χ3v) is 4.94. The van der Waals surface area contributed by atoms with E-state index >= 15 is 0 Å². The van der Waals surface area contributed by atoms with Gasteiger partial charge in [0.05, 0.1) is 6.61 Å². The fourth-order valence-electron chi connectivity index (χ4n) is 3.28. The molecule has 1 aliphatic heterocycles. The lowest BCUT2D eigenvalue weighted by molar-refractivity contribution is -0.176. The number of anilines is 1. The number of aliphatic imine (C=N–C) groups is 1. The highest BCUT2D eigenvalue weighted by atomic mass is 19.4. The Bertz CT molecular complexity index is 832. The van der Waals surface area contributed by atoms with E-state index < -0.39 is 12.8 Å². The second kappa shape index (κ2) is 11.0. The van der Waals surface area contributed by atoms with Crippen molar-refractivity contribution in [3.05, 3.63) is 59.3 Å². The first-order chi connectivity index (χ1) is 14.9. The normalized spacial score (nSPS) is 14.7. The Kier molecular flexibility index (Phi) is 8.11. The molecular weight excluding hydrogens is 407 g/mol. The van der Waals surface area contributed by atoms with Crippen LogP contribution in [0.4, 0.5) is 19.0 Å². The number of benzene rings is 1. The molecule has 0 spiro atoms. The Labute approximate surface area is 180 Å². The van der Waals surface area contributed by atoms with E-state index in [-0.39, 0.29) is 6.61 Å². The van der Waals surface area contributed by atoms with Crippen LogP contribution in [0.3, 0.4) is 0 Å². The summed E-state index contributed by atoms with van der Waals surface area (Å²) in [5.41, 5.74) is 2.74. The minimum absolute atomic E-state index is 0.0684. The van der Waals surface area contributed by atoms with Crippen LogP contribution in [0.1, 0.15) is 29.5 Å². The monoisotopic (exact) mass is 435 g/mol. The summed E-state index contributed by atoms with van der Waals surface area (Å²) in [6, 6.07) is 11.4. The van der Waals surface area contributed by atoms with Crippen LogP contribution in [0.15, 0.2) is 47.6 Å². The Morgan fingerprint density at radius 3 is 2.19 bits per heavy atom. The maximum atomic E-state index is 12.1. The van der Waals surface area contributed by atoms with Crippen molar-refractivity contribution < 1.29 is 17.9 Å². The minimum Gasteiger partial charge on any atom is -0.367 e. The molecule has 1 fully saturated rings. The standard InChI is InChI=1S/C22H28F3N5O/c1-26-21(29-14-19-8-9-20(27-13-19)30-10-2-3-11-30)28-12-17-4-6-18(7-5-17)15-31-16-22(23,24)25/h4-9,13H,2-3,10-12,14-16H2,1H3,(H2,26,28,29). The molecule has 2 heterocycles. The van der Waals surface area contributed by atoms with Gasteiger partial charge < -0.3 is 20.3 Å². The number of hydrogen-bond acceptors (Lipinski definition) is 4. The molecule has 1 aromatic carbocycles. The van der Waals surface area contributed by atoms with Crippen LogP contribution in [0.25, 0.3) is 0 Å². The van der Waals surface area contributed by atoms with Gasteiger partial charge in [-0.3, -0.25) is 4.99 Å². The topological polar surface area (TPSA) is 61.8 Å². The average Bonchev–Trinajstić information content (AvgIpc) is 3.29. The van der Waals surface area contributed by atoms with Gasteiger partial charge in [-0.05, 0) is 35.6 Å². The van der Waals surface area contributed by atoms with Gasteiger partial charge in [-0.15, -0.1) is 0 Å². The molecule has 31 heavy (non-hydrogen) atoms. The first kappa shape index (κ1) is 22.9. The molecule has 0 unspecified atom stereocenters. The lowest BCUT2D eigenvalue weighted by Crippen LogP contribution is -2.36. The van der Waals surface area contributed by atoms with E-state index in [0.29, 0.717) is 24.6 Å². The number of alkyl halides is 3. The van der Waals surface area contributed by atoms with Gasteiger partial charge >= 0.3 is 6.18 Å². The third kappa shape index (κ3) is 7.75. The van der Waals surface area contributed by atoms with Crippen LogP contribution in [-0.4, -0.2) is 43.9 Å². The number of pyridine rings is 1. The summed E-state index contributed by atoms with van der Waals surface area (Å²) in [6.45, 7) is 1.97. The predicted molar refractivity (Wildman–Crippen MR) is 115 cm³/mol. The molecule has 1 aliphatic rings. The van der Waals surface area contributed by atoms with Gasteiger partial charge in [-0.2, -0.15) is 13.2 Å². The summed E-state index contributed by atoms with van der Waals surface area (Å²) in [5, 5.41) is 6.48. The molecule has 0 amide bonds. The van der Waals surface area contributed by atoms with Crippen molar-refractivity contribution in [2.45, 2.75) is 38.7 Å². The highest BCUT2D eigenvalue weighted by Gasteiger charge is 2.27. The van der Waals surface area contributed by atoms with Crippen LogP contribution >= 0.6 is 0 Å². The molecule has 1 saturated heterocycles. The van der Waals surface area contributed by atoms with Gasteiger partial charge in [0.1, 0.15) is 12.4 Å². The van der Waals surface area contributed by atoms with Gasteiger partial charge in [-0.25, -0.2) is 4.98 Å². The zero-order valence-electron chi connectivity index (χ0n) is 17.6. The van der Waals surface area contributed by atoms with Gasteiger partial charge in [0.25, 0.3) is 0 Å². The van der Waals surface area contributed by atoms with E-state index in [4.69, 9.17) is 0 Å². The minimum atomic E-state index is -4.31. The average molecular weight is 435 g/mol. The summed E-state index contributed by atoms with van der Waals surface area (Å²) < 4.78 is 41.1. The summed E-state index contributed by atoms with van der Waals surface area (Å²) in [4.78, 5) is 11.1. The Morgan fingerprint density at radius 2 is 1.61 bits per heavy atom. The van der Waals surface area contributed by atoms with Crippen LogP contribution in [0, 0.1) is 0 Å². The van der Waals surface area contributed by atoms with Crippen LogP contribution in [-0.2, 0) is 24.4 Å². The Morgan fingerprint density at radius 1 is 1.00 bits per heavy atom. The van der Waals surface area contributed by atoms with E-state index in [1.807, 2.05) is 18.3 Å². The largest absolute Gasteiger partial charge is 0.411 e. The predicted octanol–water partition coefficient (Wildman–Crippen LogP) is 3.63. The summed E-state index contributed by atoms with van der Waals surface area (Å²) >= 11 is 0. The van der Waals surface area contributed by atoms with E-state index in [2.05, 4.69) is 42.4 Å². The molecule has 0 atom stereocenters. The lowest BCUT2D eigenvalue weighted by atomic mass is 10.1. The van der Waals surface area contributed by atoms with Crippen molar-refractivity contribution in [2.24, 2.45) is 4.99 Å². The molecule has 2 N–H and O–H groups in total. The summed E-state index contributed by atoms with van der Waals surface area (Å²) in [6.07, 6.45) is 0.0232. The highest BCUT2D eigenvalue weighted by Crippen LogP contribution is 2.18. The molecule has 9 heteroatoms. The number of guanidine groups is 1. The zero-order chi connectivity index (χ0) is 22.1. The van der Waals surface area contributed by atoms with E-state index in [9.17, 15) is 13.2 Å². The molecule has 0 aliphatic carbocycles. The second-order valence-electron chi connectivity index (χ2n) is 7.42. The Hall–Kier alpha value is -2.81. The van der Waals surface area contributed by atoms with E-state index in [1.54, 1.807) is 19.2 Å². The molecular formula is C22H28F3N5O. The van der Waals surface area contributed by atoms with Crippen LogP contribution in [0.5, 0.6) is 0 Å². The lowest BCUT2D eigenvalue weighted by Gasteiger charge is -2.16. The van der Waals surface area contributed by atoms with Crippen molar-refractivity contribution in [3.63, 3.8) is 0 Å². The number of nitrogens with zero attached hydrogens (tertiary/aromatic N) is 3. The molecule has 2 aromatic rings. The number of ether oxygens (including phenoxy) is 1. The number of nitrogens with one attached hydrogen (secondary N) is 2. The van der Waals surface area contributed by atoms with Crippen molar-refractivity contribution in [2.75, 3.05) is 31.6 Å². The van der Waals surface area contributed by atoms with Gasteiger partial charge in [0, 0.05) is 39.4 Å². The van der Waals surface area contributed by atoms with E-state index in [1.165, 1.54) is 12.8 Å². The quantitative estimate of drug-likeness (QED) is 0.490. The molecule has 3 rings (SSSR count). The second-order valence-corrected chi connectivity index (χ2v) is 7.42. The third-order valence-electron chi connectivity index (χ3n) is 4.94. The SMILES string of the molecule is CN=C(NCc1ccc(COCC(F)(F)F)cc1)NCc1ccc(N2CCCC2)nc1. The molecule has 0 radical (unpaired) electrons. The number of halogens is 3. The molecule has 0 saturated carbocycles. The molecule has 6 nitrogen and oxygen atoms in total. The highest BCUT2D eigenvalue weighted by molar-refractivity contribution is 5.79. The maximum absolute atomic E-state index is 12.1. The smallest absolute Gasteiger partial charge is 0.367 e. The fraction of sp³-hybridized carbons (Fsp3) is 0.455. The molecule has 0 bridgehead atoms. The van der Waals surface area contributed by atoms with Crippen LogP contribution < -0.4 is 15.5 Å². The molecule has 1 aromatic heterocycles. The van der Waals surface area contributed by atoms with E-state index in [0.717, 1.165) is 30.0 Å². The van der Waals surface area contributed by atoms with Crippen LogP contribution in [0.2, 0.25) is 0 Å². The van der Waals surface area contributed by atoms with Gasteiger partial charge in [0.2, 0.25) is 0 Å². The number of hydrogen-bond donors (Lipinski definition) is 2. The van der Waals surface area contributed by atoms with Crippen molar-refractivity contribution in [3.8, 4) is 0 Å². The Balaban J connectivity index is 1.41. The van der Waals surface area contributed by atoms with Crippen molar-refractivity contribution in [1.29, 1.82) is 0 Å². The first-order valence-electron chi connectivity index (χ1n) is 10.3.